The minimum atomic E-state index is -1.86. The molecule has 8 atom stereocenters. The summed E-state index contributed by atoms with van der Waals surface area (Å²) < 4.78 is 0. The number of primary amides is 3. The summed E-state index contributed by atoms with van der Waals surface area (Å²) in [6.07, 6.45) is -1.97. The Morgan fingerprint density at radius 2 is 1.29 bits per heavy atom. The maximum atomic E-state index is 14.6. The number of nitrogens with zero attached hydrogens (tertiary/aromatic N) is 3. The van der Waals surface area contributed by atoms with Gasteiger partial charge >= 0.3 is 0 Å². The molecule has 2 aliphatic rings. The second-order valence-corrected chi connectivity index (χ2v) is 20.6. The molecule has 424 valence electrons. The zero-order valence-electron chi connectivity index (χ0n) is 42.0. The van der Waals surface area contributed by atoms with E-state index in [0.717, 1.165) is 38.6 Å². The van der Waals surface area contributed by atoms with E-state index in [9.17, 15) is 68.0 Å². The van der Waals surface area contributed by atoms with Gasteiger partial charge in [-0.15, -0.1) is 0 Å². The lowest BCUT2D eigenvalue weighted by atomic mass is 10.0. The number of rotatable bonds is 20. The Morgan fingerprint density at radius 1 is 0.744 bits per heavy atom. The Labute approximate surface area is 453 Å². The maximum absolute atomic E-state index is 14.6. The molecule has 2 fully saturated rings. The van der Waals surface area contributed by atoms with Gasteiger partial charge in [-0.25, -0.2) is 0 Å². The standard InChI is InChI=1S/C46H64N16O14S2/c47-27-21-77-78-22-33(45(74)61-16-2-4-34(61)44(73)56-28(3-1-15-53-46(51)52)39(68)54-20-37(50)66)60-43(72)32(19-36(49)65)59-40(69)29(13-14-35(48)64)55-41(70)31(17-23-5-9-25(10-6-23)62(75)76)58-42(71)30(57-38(27)67)18-24-7-11-26(63)12-8-24/h5-12,27-34,63H,1-4,13-22,47H2,(H2,48,64)(H2,49,65)(H2,50,66)(H,54,68)(H,55,70)(H,56,73)(H,57,67)(H,58,71)(H,59,69)(H,60,72)(H4,51,52,53)/t27-,28-,29-,30-,31-,32-,33-,34-/m0/s1. The summed E-state index contributed by atoms with van der Waals surface area (Å²) in [6, 6.07) is -1.50. The molecular formula is C46H64N16O14S2. The topological polar surface area (TPSA) is 507 Å². The van der Waals surface area contributed by atoms with Crippen LogP contribution in [0, 0.1) is 10.1 Å². The van der Waals surface area contributed by atoms with Gasteiger partial charge in [0.15, 0.2) is 5.96 Å². The molecule has 20 N–H and O–H groups in total. The van der Waals surface area contributed by atoms with Crippen molar-refractivity contribution in [3.05, 3.63) is 69.8 Å². The Hall–Kier alpha value is -8.26. The van der Waals surface area contributed by atoms with Gasteiger partial charge in [0.1, 0.15) is 48.0 Å². The van der Waals surface area contributed by atoms with Crippen LogP contribution in [0.15, 0.2) is 53.5 Å². The summed E-state index contributed by atoms with van der Waals surface area (Å²) in [5.41, 5.74) is 33.7. The summed E-state index contributed by atoms with van der Waals surface area (Å²) in [6.45, 7) is -0.503. The number of nitro benzene ring substituents is 1. The normalized spacial score (nSPS) is 22.1. The van der Waals surface area contributed by atoms with Gasteiger partial charge in [-0.05, 0) is 55.4 Å². The first-order valence-corrected chi connectivity index (χ1v) is 26.7. The molecule has 0 saturated carbocycles. The Morgan fingerprint density at radius 3 is 1.87 bits per heavy atom. The predicted molar refractivity (Wildman–Crippen MR) is 282 cm³/mol. The molecule has 2 aromatic rings. The smallest absolute Gasteiger partial charge is 0.269 e. The van der Waals surface area contributed by atoms with Crippen LogP contribution in [-0.4, -0.2) is 165 Å². The van der Waals surface area contributed by atoms with E-state index < -0.39 is 144 Å². The van der Waals surface area contributed by atoms with Crippen LogP contribution in [0.25, 0.3) is 0 Å². The molecule has 2 aromatic carbocycles. The number of aliphatic imine (C=N–C) groups is 1. The van der Waals surface area contributed by atoms with Crippen LogP contribution in [0.4, 0.5) is 5.69 Å². The van der Waals surface area contributed by atoms with Crippen molar-refractivity contribution < 1.29 is 62.8 Å². The van der Waals surface area contributed by atoms with Crippen LogP contribution in [0.3, 0.4) is 0 Å². The van der Waals surface area contributed by atoms with E-state index in [4.69, 9.17) is 34.4 Å². The average Bonchev–Trinajstić information content (AvgIpc) is 3.90. The van der Waals surface area contributed by atoms with Crippen LogP contribution in [-0.2, 0) is 65.6 Å². The fraction of sp³-hybridized carbons (Fsp3) is 0.478. The van der Waals surface area contributed by atoms with Crippen molar-refractivity contribution in [2.24, 2.45) is 39.4 Å². The van der Waals surface area contributed by atoms with Gasteiger partial charge in [0.25, 0.3) is 5.69 Å². The third kappa shape index (κ3) is 20.4. The minimum Gasteiger partial charge on any atom is -0.508 e. The van der Waals surface area contributed by atoms with Crippen molar-refractivity contribution in [3.63, 3.8) is 0 Å². The molecule has 0 bridgehead atoms. The molecule has 4 rings (SSSR count). The maximum Gasteiger partial charge on any atom is 0.269 e. The summed E-state index contributed by atoms with van der Waals surface area (Å²) >= 11 is 0. The Balaban J connectivity index is 1.73. The van der Waals surface area contributed by atoms with E-state index in [1.54, 1.807) is 0 Å². The number of aromatic hydroxyl groups is 1. The molecule has 2 aliphatic heterocycles. The molecule has 0 aliphatic carbocycles. The number of phenols is 1. The number of amides is 11. The summed E-state index contributed by atoms with van der Waals surface area (Å²) in [5.74, 6) is -11.3. The number of phenolic OH excluding ortho intramolecular Hbond substituents is 1. The lowest BCUT2D eigenvalue weighted by molar-refractivity contribution is -0.384. The van der Waals surface area contributed by atoms with E-state index >= 15 is 0 Å². The number of carbonyl (C=O) groups is 11. The lowest BCUT2D eigenvalue weighted by Gasteiger charge is -2.31. The molecule has 30 nitrogen and oxygen atoms in total. The van der Waals surface area contributed by atoms with Crippen molar-refractivity contribution in [2.75, 3.05) is 31.1 Å². The van der Waals surface area contributed by atoms with Crippen molar-refractivity contribution in [1.29, 1.82) is 0 Å². The van der Waals surface area contributed by atoms with Crippen LogP contribution in [0.1, 0.15) is 56.1 Å². The number of guanidine groups is 1. The molecule has 11 amide bonds. The van der Waals surface area contributed by atoms with Gasteiger partial charge in [-0.2, -0.15) is 0 Å². The Kier molecular flexibility index (Phi) is 24.3. The molecule has 2 saturated heterocycles. The van der Waals surface area contributed by atoms with Gasteiger partial charge in [0.2, 0.25) is 65.0 Å². The fourth-order valence-electron chi connectivity index (χ4n) is 7.94. The second kappa shape index (κ2) is 30.5. The van der Waals surface area contributed by atoms with E-state index in [2.05, 4.69) is 42.2 Å². The van der Waals surface area contributed by atoms with Crippen molar-refractivity contribution >= 4 is 98.2 Å². The fourth-order valence-corrected chi connectivity index (χ4v) is 10.2. The van der Waals surface area contributed by atoms with Crippen LogP contribution in [0.2, 0.25) is 0 Å². The van der Waals surface area contributed by atoms with Crippen LogP contribution < -0.4 is 71.6 Å². The van der Waals surface area contributed by atoms with Crippen molar-refractivity contribution in [3.8, 4) is 5.75 Å². The number of hydrogen-bond donors (Lipinski definition) is 14. The number of nitro groups is 1. The molecule has 0 unspecified atom stereocenters. The number of carbonyl (C=O) groups excluding carboxylic acids is 11. The highest BCUT2D eigenvalue weighted by atomic mass is 33.1. The number of benzene rings is 2. The van der Waals surface area contributed by atoms with E-state index in [1.807, 2.05) is 0 Å². The lowest BCUT2D eigenvalue weighted by Crippen LogP contribution is -2.61. The second-order valence-electron chi connectivity index (χ2n) is 18.0. The monoisotopic (exact) mass is 1130 g/mol. The number of nitrogens with two attached hydrogens (primary N) is 6. The minimum absolute atomic E-state index is 0.0183. The molecule has 32 heteroatoms. The number of likely N-dealkylation sites (tertiary alicyclic amines) is 1. The van der Waals surface area contributed by atoms with Gasteiger partial charge in [0, 0.05) is 56.0 Å². The summed E-state index contributed by atoms with van der Waals surface area (Å²) in [4.78, 5) is 164. The average molecular weight is 1130 g/mol. The summed E-state index contributed by atoms with van der Waals surface area (Å²) in [5, 5.41) is 38.7. The number of hydrogen-bond acceptors (Lipinski definition) is 18. The quantitative estimate of drug-likeness (QED) is 0.0147. The van der Waals surface area contributed by atoms with Gasteiger partial charge in [-0.3, -0.25) is 67.8 Å². The zero-order valence-corrected chi connectivity index (χ0v) is 43.6. The van der Waals surface area contributed by atoms with Gasteiger partial charge in [-0.1, -0.05) is 45.9 Å². The van der Waals surface area contributed by atoms with Gasteiger partial charge in [0.05, 0.1) is 23.9 Å². The molecule has 0 radical (unpaired) electrons. The zero-order chi connectivity index (χ0) is 57.6. The first-order valence-electron chi connectivity index (χ1n) is 24.2. The Bertz CT molecular complexity index is 2570. The number of nitrogens with one attached hydrogen (secondary N) is 7. The molecule has 0 aromatic heterocycles. The van der Waals surface area contributed by atoms with E-state index in [1.165, 1.54) is 36.4 Å². The van der Waals surface area contributed by atoms with E-state index in [0.29, 0.717) is 5.56 Å². The molecule has 0 spiro atoms. The molecule has 78 heavy (non-hydrogen) atoms. The van der Waals surface area contributed by atoms with Crippen molar-refractivity contribution in [1.82, 2.24) is 42.1 Å². The predicted octanol–water partition coefficient (Wildman–Crippen LogP) is -5.50. The highest BCUT2D eigenvalue weighted by Crippen LogP contribution is 2.26. The molecular weight excluding hydrogens is 1060 g/mol. The van der Waals surface area contributed by atoms with Crippen LogP contribution >= 0.6 is 21.6 Å². The third-order valence-electron chi connectivity index (χ3n) is 12.0. The first-order chi connectivity index (χ1) is 36.9. The number of non-ortho nitro benzene ring substituents is 1. The third-order valence-corrected chi connectivity index (χ3v) is 14.4. The van der Waals surface area contributed by atoms with Crippen molar-refractivity contribution in [2.45, 2.75) is 106 Å². The molecule has 2 heterocycles. The van der Waals surface area contributed by atoms with Crippen LogP contribution in [0.5, 0.6) is 5.75 Å². The highest BCUT2D eigenvalue weighted by Gasteiger charge is 2.41. The first kappa shape index (κ1) is 62.3. The largest absolute Gasteiger partial charge is 0.508 e. The van der Waals surface area contributed by atoms with E-state index in [-0.39, 0.29) is 86.1 Å². The SMILES string of the molecule is NC(=O)CC[C@@H]1NC(=O)[C@H](Cc2ccc([N+](=O)[O-])cc2)NC(=O)[C@H](Cc2ccc(O)cc2)NC(=O)[C@@H](N)CSSC[C@@H](C(=O)N2CCC[C@H]2C(=O)N[C@@H](CCCN=C(N)N)C(=O)NCC(N)=O)NC(=O)[C@H](CC(N)=O)NC1=O. The van der Waals surface area contributed by atoms with Gasteiger partial charge < -0.3 is 81.6 Å². The summed E-state index contributed by atoms with van der Waals surface area (Å²) in [7, 11) is 1.92. The highest BCUT2D eigenvalue weighted by molar-refractivity contribution is 8.76.